The van der Waals surface area contributed by atoms with Gasteiger partial charge in [-0.05, 0) is 46.1 Å². The zero-order valence-corrected chi connectivity index (χ0v) is 39.3. The summed E-state index contributed by atoms with van der Waals surface area (Å²) in [5.74, 6) is -5.73. The maximum atomic E-state index is 13.8. The minimum atomic E-state index is -1.81. The van der Waals surface area contributed by atoms with E-state index in [0.29, 0.717) is 19.4 Å². The van der Waals surface area contributed by atoms with Gasteiger partial charge in [0.25, 0.3) is 0 Å². The van der Waals surface area contributed by atoms with Gasteiger partial charge in [-0.2, -0.15) is 0 Å². The summed E-state index contributed by atoms with van der Waals surface area (Å²) in [5, 5.41) is 90.7. The molecule has 18 atom stereocenters. The summed E-state index contributed by atoms with van der Waals surface area (Å²) in [6.45, 7) is 3.65. The highest BCUT2D eigenvalue weighted by atomic mass is 16.8. The third kappa shape index (κ3) is 16.9. The van der Waals surface area contributed by atoms with E-state index in [0.717, 1.165) is 20.8 Å². The fourth-order valence-electron chi connectivity index (χ4n) is 7.92. The number of aliphatic carboxylic acids is 1. The predicted molar refractivity (Wildman–Crippen MR) is 229 cm³/mol. The molecule has 28 heteroatoms. The van der Waals surface area contributed by atoms with Crippen molar-refractivity contribution in [3.8, 4) is 0 Å². The molecule has 0 aromatic heterocycles. The molecule has 0 aromatic carbocycles. The van der Waals surface area contributed by atoms with Gasteiger partial charge in [-0.25, -0.2) is 0 Å². The minimum absolute atomic E-state index is 0.0494. The molecule has 0 aliphatic carbocycles. The SMILES string of the molecule is CO[C@@H]1O[C@H](CO)[C@@H](O[C@@H]2O[C@H](CO)[C@@H](O[C@@H]3O[C@H](CO)[C@@H](O)[C@H](O)[C@H]3NC(C)=O)[C@H](O[C@H](C)C(=O)N[C@@H](C)C(=O)NCCCC(=O)N[C@@H](CCCCN)C(=O)[O-])[C@H]2NC(C)=O)[C@H](O)[C@H]1NC(C)=O. The lowest BCUT2D eigenvalue weighted by Crippen LogP contribution is -2.71. The highest BCUT2D eigenvalue weighted by Gasteiger charge is 2.56. The van der Waals surface area contributed by atoms with E-state index in [1.807, 2.05) is 0 Å². The summed E-state index contributed by atoms with van der Waals surface area (Å²) >= 11 is 0. The molecule has 0 unspecified atom stereocenters. The van der Waals surface area contributed by atoms with Gasteiger partial charge in [0.05, 0.1) is 31.8 Å². The second-order valence-corrected chi connectivity index (χ2v) is 16.9. The highest BCUT2D eigenvalue weighted by molar-refractivity contribution is 5.89. The number of aliphatic hydroxyl groups is 6. The lowest BCUT2D eigenvalue weighted by molar-refractivity contribution is -0.356. The molecule has 28 nitrogen and oxygen atoms in total. The second kappa shape index (κ2) is 28.5. The number of ether oxygens (including phenoxy) is 7. The van der Waals surface area contributed by atoms with Gasteiger partial charge < -0.3 is 111 Å². The van der Waals surface area contributed by atoms with Crippen molar-refractivity contribution in [3.63, 3.8) is 0 Å². The average molecular weight is 997 g/mol. The molecule has 3 fully saturated rings. The van der Waals surface area contributed by atoms with Crippen LogP contribution in [-0.4, -0.2) is 222 Å². The molecule has 0 aromatic rings. The minimum Gasteiger partial charge on any atom is -0.548 e. The molecular weight excluding hydrogens is 926 g/mol. The Morgan fingerprint density at radius 3 is 1.72 bits per heavy atom. The van der Waals surface area contributed by atoms with Crippen molar-refractivity contribution in [2.45, 2.75) is 177 Å². The summed E-state index contributed by atoms with van der Waals surface area (Å²) in [6, 6.07) is -6.88. The van der Waals surface area contributed by atoms with E-state index in [1.54, 1.807) is 0 Å². The average Bonchev–Trinajstić information content (AvgIpc) is 3.29. The Kier molecular flexibility index (Phi) is 24.4. The summed E-state index contributed by atoms with van der Waals surface area (Å²) in [5.41, 5.74) is 5.44. The fraction of sp³-hybridized carbons (Fsp3) is 0.829. The van der Waals surface area contributed by atoms with Crippen molar-refractivity contribution in [2.24, 2.45) is 5.73 Å². The summed E-state index contributed by atoms with van der Waals surface area (Å²) in [7, 11) is 1.22. The molecule has 3 aliphatic heterocycles. The summed E-state index contributed by atoms with van der Waals surface area (Å²) in [6.07, 6.45) is -20.0. The van der Waals surface area contributed by atoms with E-state index >= 15 is 0 Å². The number of carboxylic acids is 1. The number of hydrogen-bond acceptors (Lipinski definition) is 22. The number of unbranched alkanes of at least 4 members (excludes halogenated alkanes) is 1. The molecule has 69 heavy (non-hydrogen) atoms. The Balaban J connectivity index is 1.92. The van der Waals surface area contributed by atoms with E-state index < -0.39 is 171 Å². The van der Waals surface area contributed by atoms with Gasteiger partial charge in [0, 0.05) is 40.8 Å². The van der Waals surface area contributed by atoms with Gasteiger partial charge in [-0.3, -0.25) is 28.8 Å². The Labute approximate surface area is 397 Å². The molecule has 0 bridgehead atoms. The van der Waals surface area contributed by atoms with Gasteiger partial charge in [0.1, 0.15) is 85.2 Å². The van der Waals surface area contributed by atoms with Gasteiger partial charge in [-0.15, -0.1) is 0 Å². The van der Waals surface area contributed by atoms with Crippen LogP contribution in [0.25, 0.3) is 0 Å². The monoisotopic (exact) mass is 996 g/mol. The zero-order chi connectivity index (χ0) is 51.7. The number of nitrogens with two attached hydrogens (primary N) is 1. The van der Waals surface area contributed by atoms with Crippen molar-refractivity contribution in [1.29, 1.82) is 0 Å². The molecule has 0 spiro atoms. The molecule has 3 aliphatic rings. The molecule has 3 saturated heterocycles. The number of rotatable bonds is 26. The van der Waals surface area contributed by atoms with Gasteiger partial charge in [-0.1, -0.05) is 0 Å². The molecule has 0 radical (unpaired) electrons. The second-order valence-electron chi connectivity index (χ2n) is 16.9. The molecule has 3 heterocycles. The molecule has 3 rings (SSSR count). The van der Waals surface area contributed by atoms with Crippen LogP contribution in [0.4, 0.5) is 0 Å². The maximum Gasteiger partial charge on any atom is 0.249 e. The first-order valence-electron chi connectivity index (χ1n) is 22.5. The fourth-order valence-corrected chi connectivity index (χ4v) is 7.92. The van der Waals surface area contributed by atoms with Crippen LogP contribution in [0, 0.1) is 0 Å². The van der Waals surface area contributed by atoms with Crippen LogP contribution in [0.2, 0.25) is 0 Å². The van der Waals surface area contributed by atoms with Crippen LogP contribution in [0.5, 0.6) is 0 Å². The van der Waals surface area contributed by atoms with E-state index in [1.165, 1.54) is 21.0 Å². The van der Waals surface area contributed by atoms with Crippen molar-refractivity contribution in [2.75, 3.05) is 40.0 Å². The largest absolute Gasteiger partial charge is 0.548 e. The van der Waals surface area contributed by atoms with E-state index in [9.17, 15) is 69.3 Å². The first-order valence-corrected chi connectivity index (χ1v) is 22.5. The molecule has 396 valence electrons. The quantitative estimate of drug-likeness (QED) is 0.0358. The number of carbonyl (C=O) groups is 7. The van der Waals surface area contributed by atoms with E-state index in [2.05, 4.69) is 31.9 Å². The lowest BCUT2D eigenvalue weighted by Gasteiger charge is -2.51. The van der Waals surface area contributed by atoms with Crippen LogP contribution in [0.1, 0.15) is 66.7 Å². The number of hydrogen-bond donors (Lipinski definition) is 13. The number of aliphatic hydroxyl groups excluding tert-OH is 6. The number of methoxy groups -OCH3 is 1. The third-order valence-electron chi connectivity index (χ3n) is 11.4. The van der Waals surface area contributed by atoms with Crippen molar-refractivity contribution in [1.82, 2.24) is 31.9 Å². The first kappa shape index (κ1) is 59.0. The van der Waals surface area contributed by atoms with Crippen molar-refractivity contribution in [3.05, 3.63) is 0 Å². The summed E-state index contributed by atoms with van der Waals surface area (Å²) < 4.78 is 41.8. The van der Waals surface area contributed by atoms with Gasteiger partial charge in [0.2, 0.25) is 35.4 Å². The number of carbonyl (C=O) groups excluding carboxylic acids is 7. The Hall–Kier alpha value is -4.27. The normalized spacial score (nSPS) is 32.6. The van der Waals surface area contributed by atoms with Crippen LogP contribution in [-0.2, 0) is 66.7 Å². The van der Waals surface area contributed by atoms with Crippen LogP contribution >= 0.6 is 0 Å². The van der Waals surface area contributed by atoms with E-state index in [-0.39, 0.29) is 25.8 Å². The van der Waals surface area contributed by atoms with Crippen LogP contribution in [0.3, 0.4) is 0 Å². The van der Waals surface area contributed by atoms with Crippen LogP contribution in [0.15, 0.2) is 0 Å². The standard InChI is InChI=1S/C41H71N7O21/c1-17(36(59)43-13-9-11-26(55)48-22(38(61)62)10-7-8-12-42)44-37(60)18(2)64-35-29(47-21(5)54)41(68-33-24(15-50)66-39(63-6)28(32(33)58)46-20(4)53)67-25(16-51)34(35)69-40-27(45-19(3)52)31(57)30(56)23(14-49)65-40/h17-18,22-25,27-35,39-41,49-51,56-58H,7-16,42H2,1-6H3,(H,43,59)(H,44,60)(H,45,52)(H,46,53)(H,47,54)(H,48,55)(H,61,62)/p-1/t17-,18+,22-,23+,24+,25+,27+,28+,29+,30+,31+,32+,33+,34+,35+,39+,40-,41-/m0/s1. The van der Waals surface area contributed by atoms with Crippen molar-refractivity contribution >= 4 is 41.4 Å². The topological polar surface area (TPSA) is 427 Å². The lowest BCUT2D eigenvalue weighted by atomic mass is 9.93. The molecular formula is C41H70N7O21-. The predicted octanol–water partition coefficient (Wildman–Crippen LogP) is -8.31. The molecule has 14 N–H and O–H groups in total. The number of amides is 6. The molecule has 6 amide bonds. The number of nitrogens with one attached hydrogen (secondary N) is 6. The van der Waals surface area contributed by atoms with Gasteiger partial charge >= 0.3 is 0 Å². The van der Waals surface area contributed by atoms with Gasteiger partial charge in [0.15, 0.2) is 18.9 Å². The Morgan fingerprint density at radius 1 is 0.652 bits per heavy atom. The number of carboxylic acid groups (broad SMARTS) is 1. The smallest absolute Gasteiger partial charge is 0.249 e. The third-order valence-corrected chi connectivity index (χ3v) is 11.4. The Morgan fingerprint density at radius 2 is 1.17 bits per heavy atom. The van der Waals surface area contributed by atoms with Crippen LogP contribution < -0.4 is 42.7 Å². The maximum absolute atomic E-state index is 13.8. The Bertz CT molecular complexity index is 1700. The first-order chi connectivity index (χ1) is 32.6. The van der Waals surface area contributed by atoms with Crippen molar-refractivity contribution < 1.29 is 102 Å². The molecule has 0 saturated carbocycles. The summed E-state index contributed by atoms with van der Waals surface area (Å²) in [4.78, 5) is 88.0. The van der Waals surface area contributed by atoms with E-state index in [4.69, 9.17) is 38.9 Å². The zero-order valence-electron chi connectivity index (χ0n) is 39.3. The highest BCUT2D eigenvalue weighted by Crippen LogP contribution is 2.34.